The Morgan fingerprint density at radius 3 is 2.57 bits per heavy atom. The van der Waals surface area contributed by atoms with Gasteiger partial charge in [0.1, 0.15) is 11.6 Å². The summed E-state index contributed by atoms with van der Waals surface area (Å²) in [5, 5.41) is 2.90. The van der Waals surface area contributed by atoms with E-state index in [4.69, 9.17) is 4.74 Å². The Morgan fingerprint density at radius 1 is 1.26 bits per heavy atom. The fourth-order valence-corrected chi connectivity index (χ4v) is 3.35. The van der Waals surface area contributed by atoms with Crippen LogP contribution in [-0.2, 0) is 9.53 Å². The van der Waals surface area contributed by atoms with Gasteiger partial charge in [0, 0.05) is 11.4 Å². The van der Waals surface area contributed by atoms with Crippen molar-refractivity contribution in [2.45, 2.75) is 46.3 Å². The minimum atomic E-state index is -0.570. The van der Waals surface area contributed by atoms with Crippen LogP contribution < -0.4 is 5.32 Å². The number of ether oxygens (including phenoxy) is 1. The molecule has 0 spiro atoms. The van der Waals surface area contributed by atoms with Gasteiger partial charge >= 0.3 is 6.09 Å². The van der Waals surface area contributed by atoms with Crippen LogP contribution in [0.4, 0.5) is 10.5 Å². The Labute approximate surface area is 141 Å². The van der Waals surface area contributed by atoms with Crippen molar-refractivity contribution in [2.24, 2.45) is 0 Å². The average molecular weight is 336 g/mol. The second kappa shape index (κ2) is 6.83. The zero-order valence-electron chi connectivity index (χ0n) is 14.3. The molecule has 0 aromatic heterocycles. The van der Waals surface area contributed by atoms with E-state index in [-0.39, 0.29) is 5.91 Å². The lowest BCUT2D eigenvalue weighted by Crippen LogP contribution is -2.46. The van der Waals surface area contributed by atoms with Crippen LogP contribution in [0.2, 0.25) is 0 Å². The molecule has 0 saturated carbocycles. The number of rotatable bonds is 2. The molecular formula is C17H24N2O3S. The molecule has 0 radical (unpaired) electrons. The summed E-state index contributed by atoms with van der Waals surface area (Å²) in [6, 6.07) is 5.28. The normalized spacial score (nSPS) is 18.0. The van der Waals surface area contributed by atoms with Crippen LogP contribution >= 0.6 is 11.8 Å². The molecule has 0 aliphatic carbocycles. The van der Waals surface area contributed by atoms with Gasteiger partial charge in [-0.15, -0.1) is 11.8 Å². The largest absolute Gasteiger partial charge is 0.444 e. The molecule has 1 aliphatic heterocycles. The first-order chi connectivity index (χ1) is 10.7. The lowest BCUT2D eigenvalue weighted by Gasteiger charge is -2.27. The topological polar surface area (TPSA) is 58.6 Å². The zero-order chi connectivity index (χ0) is 17.2. The maximum absolute atomic E-state index is 12.5. The highest BCUT2D eigenvalue weighted by Crippen LogP contribution is 2.25. The number of hydrogen-bond donors (Lipinski definition) is 1. The molecule has 1 heterocycles. The van der Waals surface area contributed by atoms with Crippen molar-refractivity contribution in [3.63, 3.8) is 0 Å². The van der Waals surface area contributed by atoms with E-state index in [0.717, 1.165) is 11.3 Å². The first-order valence-corrected chi connectivity index (χ1v) is 8.78. The Kier molecular flexibility index (Phi) is 5.24. The molecule has 0 unspecified atom stereocenters. The molecule has 0 bridgehead atoms. The van der Waals surface area contributed by atoms with E-state index < -0.39 is 17.7 Å². The van der Waals surface area contributed by atoms with Crippen LogP contribution in [0.1, 0.15) is 31.9 Å². The minimum absolute atomic E-state index is 0.177. The number of hydrogen-bond acceptors (Lipinski definition) is 4. The summed E-state index contributed by atoms with van der Waals surface area (Å²) in [7, 11) is 0. The fraction of sp³-hybridized carbons (Fsp3) is 0.529. The van der Waals surface area contributed by atoms with Crippen LogP contribution in [0.3, 0.4) is 0 Å². The number of anilines is 1. The molecule has 1 atom stereocenters. The number of carbonyl (C=O) groups excluding carboxylic acids is 2. The highest BCUT2D eigenvalue weighted by molar-refractivity contribution is 7.99. The monoisotopic (exact) mass is 336 g/mol. The quantitative estimate of drug-likeness (QED) is 0.897. The highest BCUT2D eigenvalue weighted by Gasteiger charge is 2.37. The van der Waals surface area contributed by atoms with E-state index in [1.807, 2.05) is 52.8 Å². The summed E-state index contributed by atoms with van der Waals surface area (Å²) in [5.41, 5.74) is 2.47. The third kappa shape index (κ3) is 4.64. The van der Waals surface area contributed by atoms with Crippen LogP contribution in [0.25, 0.3) is 0 Å². The fourth-order valence-electron chi connectivity index (χ4n) is 2.21. The summed E-state index contributed by atoms with van der Waals surface area (Å²) in [4.78, 5) is 26.2. The lowest BCUT2D eigenvalue weighted by atomic mass is 10.1. The minimum Gasteiger partial charge on any atom is -0.444 e. The number of aryl methyl sites for hydroxylation is 2. The highest BCUT2D eigenvalue weighted by atomic mass is 32.2. The Morgan fingerprint density at radius 2 is 1.96 bits per heavy atom. The van der Waals surface area contributed by atoms with Gasteiger partial charge in [0.25, 0.3) is 0 Å². The SMILES string of the molecule is Cc1ccc(NC(=O)[C@H]2CSCN2C(=O)OC(C)(C)C)cc1C. The maximum atomic E-state index is 12.5. The molecular weight excluding hydrogens is 312 g/mol. The van der Waals surface area contributed by atoms with Crippen molar-refractivity contribution in [2.75, 3.05) is 16.9 Å². The first-order valence-electron chi connectivity index (χ1n) is 7.63. The Bertz CT molecular complexity index is 610. The molecule has 1 aromatic carbocycles. The molecule has 1 saturated heterocycles. The van der Waals surface area contributed by atoms with Gasteiger partial charge < -0.3 is 10.1 Å². The Balaban J connectivity index is 2.05. The van der Waals surface area contributed by atoms with E-state index in [1.165, 1.54) is 10.5 Å². The van der Waals surface area contributed by atoms with Crippen LogP contribution in [0.5, 0.6) is 0 Å². The molecule has 1 aromatic rings. The van der Waals surface area contributed by atoms with Gasteiger partial charge in [0.15, 0.2) is 0 Å². The van der Waals surface area contributed by atoms with E-state index in [1.54, 1.807) is 11.8 Å². The van der Waals surface area contributed by atoms with E-state index in [2.05, 4.69) is 5.32 Å². The average Bonchev–Trinajstić information content (AvgIpc) is 2.90. The number of nitrogens with one attached hydrogen (secondary N) is 1. The van der Waals surface area contributed by atoms with E-state index >= 15 is 0 Å². The van der Waals surface area contributed by atoms with Crippen LogP contribution in [0.15, 0.2) is 18.2 Å². The second-order valence-corrected chi connectivity index (χ2v) is 7.75. The van der Waals surface area contributed by atoms with Crippen molar-refractivity contribution >= 4 is 29.4 Å². The summed E-state index contributed by atoms with van der Waals surface area (Å²) in [6.07, 6.45) is -0.442. The first kappa shape index (κ1) is 17.7. The predicted octanol–water partition coefficient (Wildman–Crippen LogP) is 3.55. The third-order valence-corrected chi connectivity index (χ3v) is 4.60. The van der Waals surface area contributed by atoms with Crippen molar-refractivity contribution < 1.29 is 14.3 Å². The van der Waals surface area contributed by atoms with Crippen molar-refractivity contribution in [1.29, 1.82) is 0 Å². The van der Waals surface area contributed by atoms with E-state index in [0.29, 0.717) is 11.6 Å². The van der Waals surface area contributed by atoms with Gasteiger partial charge in [0.2, 0.25) is 5.91 Å². The Hall–Kier alpha value is -1.69. The van der Waals surface area contributed by atoms with Gasteiger partial charge in [-0.2, -0.15) is 0 Å². The molecule has 5 nitrogen and oxygen atoms in total. The van der Waals surface area contributed by atoms with Crippen molar-refractivity contribution in [1.82, 2.24) is 4.90 Å². The maximum Gasteiger partial charge on any atom is 0.411 e. The molecule has 1 N–H and O–H groups in total. The number of carbonyl (C=O) groups is 2. The molecule has 1 fully saturated rings. The predicted molar refractivity (Wildman–Crippen MR) is 93.7 cm³/mol. The molecule has 126 valence electrons. The number of benzene rings is 1. The number of nitrogens with zero attached hydrogens (tertiary/aromatic N) is 1. The van der Waals surface area contributed by atoms with Gasteiger partial charge in [-0.1, -0.05) is 6.07 Å². The summed E-state index contributed by atoms with van der Waals surface area (Å²) in [5.74, 6) is 0.875. The van der Waals surface area contributed by atoms with Crippen molar-refractivity contribution in [3.05, 3.63) is 29.3 Å². The molecule has 6 heteroatoms. The lowest BCUT2D eigenvalue weighted by molar-refractivity contribution is -0.120. The second-order valence-electron chi connectivity index (χ2n) is 6.75. The third-order valence-electron chi connectivity index (χ3n) is 3.59. The zero-order valence-corrected chi connectivity index (χ0v) is 15.1. The standard InChI is InChI=1S/C17H24N2O3S/c1-11-6-7-13(8-12(11)2)18-15(20)14-9-23-10-19(14)16(21)22-17(3,4)5/h6-8,14H,9-10H2,1-5H3,(H,18,20)/t14-/m1/s1. The molecule has 2 amide bonds. The van der Waals surface area contributed by atoms with E-state index in [9.17, 15) is 9.59 Å². The van der Waals surface area contributed by atoms with Gasteiger partial charge in [-0.25, -0.2) is 4.79 Å². The van der Waals surface area contributed by atoms with Crippen LogP contribution in [0, 0.1) is 13.8 Å². The van der Waals surface area contributed by atoms with Crippen LogP contribution in [-0.4, -0.2) is 40.2 Å². The van der Waals surface area contributed by atoms with Gasteiger partial charge in [-0.05, 0) is 57.9 Å². The van der Waals surface area contributed by atoms with Gasteiger partial charge in [-0.3, -0.25) is 9.69 Å². The summed E-state index contributed by atoms with van der Waals surface area (Å²) in [6.45, 7) is 9.48. The molecule has 23 heavy (non-hydrogen) atoms. The van der Waals surface area contributed by atoms with Gasteiger partial charge in [0.05, 0.1) is 5.88 Å². The molecule has 1 aliphatic rings. The summed E-state index contributed by atoms with van der Waals surface area (Å²) < 4.78 is 5.38. The number of amides is 2. The molecule has 2 rings (SSSR count). The summed E-state index contributed by atoms with van der Waals surface area (Å²) >= 11 is 1.55. The van der Waals surface area contributed by atoms with Crippen molar-refractivity contribution in [3.8, 4) is 0 Å². The number of thioether (sulfide) groups is 1. The smallest absolute Gasteiger partial charge is 0.411 e.